The molecule has 6 atom stereocenters. The maximum Gasteiger partial charge on any atom is 0.410 e. The third kappa shape index (κ3) is 5.05. The molecule has 0 radical (unpaired) electrons. The molecule has 0 spiro atoms. The van der Waals surface area contributed by atoms with Gasteiger partial charge in [-0.1, -0.05) is 0 Å². The summed E-state index contributed by atoms with van der Waals surface area (Å²) in [5.41, 5.74) is 0.439. The van der Waals surface area contributed by atoms with Gasteiger partial charge in [-0.25, -0.2) is 9.59 Å². The van der Waals surface area contributed by atoms with Crippen LogP contribution in [0, 0.1) is 22.0 Å². The average Bonchev–Trinajstić information content (AvgIpc) is 3.58. The number of carboxylic acid groups (broad SMARTS) is 1. The molecule has 3 fully saturated rings. The number of aliphatic carboxylic acids is 1. The van der Waals surface area contributed by atoms with Crippen LogP contribution in [0.5, 0.6) is 0 Å². The molecule has 1 aromatic carbocycles. The number of aliphatic hydroxyl groups excluding tert-OH is 1. The van der Waals surface area contributed by atoms with Crippen molar-refractivity contribution in [3.05, 3.63) is 50.5 Å². The largest absolute Gasteiger partial charge is 0.477 e. The van der Waals surface area contributed by atoms with Crippen LogP contribution in [0.15, 0.2) is 34.9 Å². The van der Waals surface area contributed by atoms with Crippen molar-refractivity contribution in [2.45, 2.75) is 56.2 Å². The lowest BCUT2D eigenvalue weighted by Gasteiger charge is -2.44. The molecule has 0 aliphatic carbocycles. The molecule has 5 rings (SSSR count). The zero-order valence-corrected chi connectivity index (χ0v) is 21.8. The van der Waals surface area contributed by atoms with E-state index in [1.165, 1.54) is 47.9 Å². The monoisotopic (exact) mass is 560 g/mol. The number of β-lactam (4-membered cyclic amide) rings is 1. The van der Waals surface area contributed by atoms with Gasteiger partial charge in [-0.3, -0.25) is 19.7 Å². The van der Waals surface area contributed by atoms with Gasteiger partial charge >= 0.3 is 12.1 Å². The molecule has 39 heavy (non-hydrogen) atoms. The van der Waals surface area contributed by atoms with Crippen LogP contribution >= 0.6 is 11.8 Å². The summed E-state index contributed by atoms with van der Waals surface area (Å²) < 4.78 is 5.52. The van der Waals surface area contributed by atoms with E-state index in [4.69, 9.17) is 4.74 Å². The maximum absolute atomic E-state index is 13.2. The van der Waals surface area contributed by atoms with Gasteiger partial charge in [-0.05, 0) is 31.0 Å². The SMILES string of the molecule is C[C@@H](O)[C@H]1C(=O)N2C(C(=O)O)=C(S[C@H]3C[C@H](C4CNC(=O)C4)N(C(=O)OCc4ccc([N+](=O)[O-])cc4)C3)C[C@H]12. The molecular weight excluding hydrogens is 532 g/mol. The van der Waals surface area contributed by atoms with Crippen molar-refractivity contribution in [1.29, 1.82) is 0 Å². The van der Waals surface area contributed by atoms with E-state index in [0.717, 1.165) is 0 Å². The molecule has 4 heterocycles. The number of nitro benzene ring substituents is 1. The first-order chi connectivity index (χ1) is 18.5. The molecule has 13 nitrogen and oxygen atoms in total. The van der Waals surface area contributed by atoms with E-state index in [1.807, 2.05) is 0 Å². The minimum absolute atomic E-state index is 0.0691. The van der Waals surface area contributed by atoms with E-state index in [1.54, 1.807) is 4.90 Å². The van der Waals surface area contributed by atoms with Gasteiger partial charge in [-0.15, -0.1) is 11.8 Å². The van der Waals surface area contributed by atoms with Crippen LogP contribution in [0.25, 0.3) is 0 Å². The van der Waals surface area contributed by atoms with Gasteiger partial charge in [0.1, 0.15) is 12.3 Å². The van der Waals surface area contributed by atoms with Gasteiger partial charge in [0.05, 0.1) is 23.0 Å². The lowest BCUT2D eigenvalue weighted by molar-refractivity contribution is -0.384. The minimum Gasteiger partial charge on any atom is -0.477 e. The summed E-state index contributed by atoms with van der Waals surface area (Å²) in [6.45, 7) is 2.10. The summed E-state index contributed by atoms with van der Waals surface area (Å²) in [7, 11) is 0. The van der Waals surface area contributed by atoms with Crippen LogP contribution in [-0.4, -0.2) is 85.3 Å². The van der Waals surface area contributed by atoms with Crippen LogP contribution < -0.4 is 5.32 Å². The Kier molecular flexibility index (Phi) is 7.25. The number of carbonyl (C=O) groups is 4. The molecule has 14 heteroatoms. The smallest absolute Gasteiger partial charge is 0.410 e. The van der Waals surface area contributed by atoms with Gasteiger partial charge in [0.15, 0.2) is 0 Å². The highest BCUT2D eigenvalue weighted by Crippen LogP contribution is 2.49. The Morgan fingerprint density at radius 1 is 1.23 bits per heavy atom. The van der Waals surface area contributed by atoms with E-state index >= 15 is 0 Å². The number of fused-ring (bicyclic) bond motifs is 1. The zero-order valence-electron chi connectivity index (χ0n) is 21.0. The predicted octanol–water partition coefficient (Wildman–Crippen LogP) is 1.45. The van der Waals surface area contributed by atoms with Crippen LogP contribution in [-0.2, 0) is 25.7 Å². The summed E-state index contributed by atoms with van der Waals surface area (Å²) in [6, 6.07) is 4.96. The highest BCUT2D eigenvalue weighted by atomic mass is 32.2. The highest BCUT2D eigenvalue weighted by molar-refractivity contribution is 8.03. The number of hydrogen-bond donors (Lipinski definition) is 3. The van der Waals surface area contributed by atoms with Crippen molar-refractivity contribution in [3.8, 4) is 0 Å². The maximum atomic E-state index is 13.2. The van der Waals surface area contributed by atoms with Crippen LogP contribution in [0.2, 0.25) is 0 Å². The molecule has 208 valence electrons. The number of nitro groups is 1. The number of benzene rings is 1. The van der Waals surface area contributed by atoms with E-state index in [9.17, 15) is 39.5 Å². The van der Waals surface area contributed by atoms with Gasteiger partial charge in [-0.2, -0.15) is 0 Å². The number of nitrogens with one attached hydrogen (secondary N) is 1. The van der Waals surface area contributed by atoms with Gasteiger partial charge in [0.2, 0.25) is 11.8 Å². The Balaban J connectivity index is 1.29. The topological polar surface area (TPSA) is 180 Å². The Bertz CT molecular complexity index is 1250. The number of hydrogen-bond acceptors (Lipinski definition) is 9. The number of thioether (sulfide) groups is 1. The fourth-order valence-corrected chi connectivity index (χ4v) is 7.44. The number of non-ortho nitro benzene ring substituents is 1. The summed E-state index contributed by atoms with van der Waals surface area (Å²) in [5, 5.41) is 33.3. The van der Waals surface area contributed by atoms with Crippen molar-refractivity contribution in [1.82, 2.24) is 15.1 Å². The van der Waals surface area contributed by atoms with E-state index in [0.29, 0.717) is 29.9 Å². The summed E-state index contributed by atoms with van der Waals surface area (Å²) >= 11 is 1.32. The Morgan fingerprint density at radius 2 is 1.95 bits per heavy atom. The quantitative estimate of drug-likeness (QED) is 0.239. The molecule has 0 saturated carbocycles. The predicted molar refractivity (Wildman–Crippen MR) is 136 cm³/mol. The van der Waals surface area contributed by atoms with Crippen molar-refractivity contribution in [3.63, 3.8) is 0 Å². The number of ether oxygens (including phenoxy) is 1. The van der Waals surface area contributed by atoms with E-state index in [2.05, 4.69) is 5.32 Å². The normalized spacial score (nSPS) is 28.7. The second-order valence-corrected chi connectivity index (χ2v) is 11.7. The van der Waals surface area contributed by atoms with Crippen molar-refractivity contribution >= 4 is 41.3 Å². The number of carboxylic acids is 1. The Hall–Kier alpha value is -3.65. The third-order valence-electron chi connectivity index (χ3n) is 7.80. The molecule has 3 N–H and O–H groups in total. The molecular formula is C25H28N4O9S. The lowest BCUT2D eigenvalue weighted by Crippen LogP contribution is -2.61. The molecule has 4 aliphatic heterocycles. The first-order valence-electron chi connectivity index (χ1n) is 12.6. The zero-order chi connectivity index (χ0) is 28.0. The fourth-order valence-electron chi connectivity index (χ4n) is 5.95. The Morgan fingerprint density at radius 3 is 2.54 bits per heavy atom. The van der Waals surface area contributed by atoms with Crippen LogP contribution in [0.4, 0.5) is 10.5 Å². The molecule has 4 aliphatic rings. The molecule has 1 aromatic rings. The second-order valence-electron chi connectivity index (χ2n) is 10.3. The van der Waals surface area contributed by atoms with Gasteiger partial charge < -0.3 is 30.1 Å². The van der Waals surface area contributed by atoms with Gasteiger partial charge in [0.25, 0.3) is 5.69 Å². The molecule has 0 bridgehead atoms. The molecule has 3 saturated heterocycles. The fraction of sp³-hybridized carbons (Fsp3) is 0.520. The van der Waals surface area contributed by atoms with Crippen molar-refractivity contribution in [2.75, 3.05) is 13.1 Å². The number of aliphatic hydroxyl groups is 1. The number of carbonyl (C=O) groups excluding carboxylic acids is 3. The summed E-state index contributed by atoms with van der Waals surface area (Å²) in [6.07, 6.45) is -0.387. The molecule has 1 unspecified atom stereocenters. The first-order valence-corrected chi connectivity index (χ1v) is 13.5. The highest BCUT2D eigenvalue weighted by Gasteiger charge is 2.57. The number of amides is 3. The molecule has 0 aromatic heterocycles. The number of nitrogens with zero attached hydrogens (tertiary/aromatic N) is 3. The third-order valence-corrected chi connectivity index (χ3v) is 9.12. The second kappa shape index (κ2) is 10.5. The standard InChI is InChI=1S/C25H28N4O9S/c1-12(30)21-18-8-19(22(24(33)34)28(18)23(21)32)39-16-7-17(14-6-20(31)26-9-14)27(10-16)25(35)38-11-13-2-4-15(5-3-13)29(36)37/h2-5,12,14,16-18,21,30H,6-11H2,1H3,(H,26,31)(H,33,34)/t12-,14?,16+,17-,18-,21-/m1/s1. The number of likely N-dealkylation sites (tertiary alicyclic amines) is 1. The minimum atomic E-state index is -1.21. The summed E-state index contributed by atoms with van der Waals surface area (Å²) in [4.78, 5) is 63.4. The van der Waals surface area contributed by atoms with Crippen LogP contribution in [0.1, 0.15) is 31.7 Å². The first kappa shape index (κ1) is 26.9. The van der Waals surface area contributed by atoms with Crippen LogP contribution in [0.3, 0.4) is 0 Å². The Labute approximate surface area is 227 Å². The molecule has 3 amide bonds. The van der Waals surface area contributed by atoms with Crippen molar-refractivity contribution in [2.24, 2.45) is 11.8 Å². The van der Waals surface area contributed by atoms with Crippen molar-refractivity contribution < 1.29 is 39.1 Å². The van der Waals surface area contributed by atoms with E-state index in [-0.39, 0.29) is 54.1 Å². The average molecular weight is 561 g/mol. The van der Waals surface area contributed by atoms with E-state index < -0.39 is 41.0 Å². The lowest BCUT2D eigenvalue weighted by atomic mass is 9.83. The van der Waals surface area contributed by atoms with Gasteiger partial charge in [0, 0.05) is 60.2 Å². The summed E-state index contributed by atoms with van der Waals surface area (Å²) in [5.74, 6) is -2.49. The number of rotatable bonds is 8.